The first-order chi connectivity index (χ1) is 7.78. The number of imidazole rings is 1. The minimum absolute atomic E-state index is 0.458. The van der Waals surface area contributed by atoms with Crippen molar-refractivity contribution in [1.82, 2.24) is 9.97 Å². The Balaban J connectivity index is 2.51. The quantitative estimate of drug-likeness (QED) is 0.855. The van der Waals surface area contributed by atoms with Crippen LogP contribution in [0.3, 0.4) is 0 Å². The molecule has 0 aliphatic rings. The molecule has 0 radical (unpaired) electrons. The fraction of sp³-hybridized carbons (Fsp3) is 0.364. The maximum absolute atomic E-state index is 5.21. The van der Waals surface area contributed by atoms with Crippen LogP contribution in [0.1, 0.15) is 5.82 Å². The van der Waals surface area contributed by atoms with E-state index < -0.39 is 0 Å². The SMILES string of the molecule is COCc1nc2cc(OC)c(OC)cc2[nH]1. The fourth-order valence-electron chi connectivity index (χ4n) is 1.59. The van der Waals surface area contributed by atoms with Crippen molar-refractivity contribution < 1.29 is 14.2 Å². The molecule has 5 heteroatoms. The molecule has 0 aliphatic carbocycles. The lowest BCUT2D eigenvalue weighted by Gasteiger charge is -2.06. The molecule has 0 saturated carbocycles. The van der Waals surface area contributed by atoms with E-state index >= 15 is 0 Å². The highest BCUT2D eigenvalue weighted by Crippen LogP contribution is 2.30. The topological polar surface area (TPSA) is 56.4 Å². The number of H-pyrrole nitrogens is 1. The van der Waals surface area contributed by atoms with Crippen molar-refractivity contribution in [2.24, 2.45) is 0 Å². The van der Waals surface area contributed by atoms with Crippen LogP contribution in [0.5, 0.6) is 11.5 Å². The van der Waals surface area contributed by atoms with E-state index in [0.29, 0.717) is 18.1 Å². The molecule has 0 spiro atoms. The molecule has 86 valence electrons. The van der Waals surface area contributed by atoms with Gasteiger partial charge in [-0.25, -0.2) is 4.98 Å². The molecular formula is C11H14N2O3. The van der Waals surface area contributed by atoms with Gasteiger partial charge in [0.05, 0.1) is 25.3 Å². The van der Waals surface area contributed by atoms with E-state index in [0.717, 1.165) is 16.9 Å². The molecule has 0 atom stereocenters. The van der Waals surface area contributed by atoms with E-state index in [9.17, 15) is 0 Å². The number of aromatic nitrogens is 2. The molecule has 1 heterocycles. The molecular weight excluding hydrogens is 208 g/mol. The van der Waals surface area contributed by atoms with Crippen LogP contribution in [0, 0.1) is 0 Å². The Morgan fingerprint density at radius 2 is 1.81 bits per heavy atom. The molecule has 0 saturated heterocycles. The summed E-state index contributed by atoms with van der Waals surface area (Å²) >= 11 is 0. The molecule has 0 amide bonds. The number of nitrogens with one attached hydrogen (secondary N) is 1. The molecule has 1 aromatic carbocycles. The normalized spacial score (nSPS) is 10.7. The third kappa shape index (κ3) is 1.81. The summed E-state index contributed by atoms with van der Waals surface area (Å²) in [6.07, 6.45) is 0. The standard InChI is InChI=1S/C11H14N2O3/c1-14-6-11-12-7-4-9(15-2)10(16-3)5-8(7)13-11/h4-5H,6H2,1-3H3,(H,12,13). The number of methoxy groups -OCH3 is 3. The Bertz CT molecular complexity index is 452. The van der Waals surface area contributed by atoms with Crippen LogP contribution in [-0.4, -0.2) is 31.3 Å². The number of aromatic amines is 1. The molecule has 2 rings (SSSR count). The Labute approximate surface area is 93.3 Å². The highest BCUT2D eigenvalue weighted by molar-refractivity contribution is 5.79. The minimum Gasteiger partial charge on any atom is -0.493 e. The molecule has 5 nitrogen and oxygen atoms in total. The lowest BCUT2D eigenvalue weighted by atomic mass is 10.3. The van der Waals surface area contributed by atoms with Crippen LogP contribution in [0.15, 0.2) is 12.1 Å². The summed E-state index contributed by atoms with van der Waals surface area (Å²) in [7, 11) is 4.84. The van der Waals surface area contributed by atoms with Gasteiger partial charge in [-0.15, -0.1) is 0 Å². The van der Waals surface area contributed by atoms with E-state index in [1.165, 1.54) is 0 Å². The van der Waals surface area contributed by atoms with Crippen molar-refractivity contribution in [3.63, 3.8) is 0 Å². The first-order valence-corrected chi connectivity index (χ1v) is 4.88. The van der Waals surface area contributed by atoms with Crippen LogP contribution in [0.25, 0.3) is 11.0 Å². The summed E-state index contributed by atoms with van der Waals surface area (Å²) in [5.41, 5.74) is 1.74. The summed E-state index contributed by atoms with van der Waals surface area (Å²) in [4.78, 5) is 7.52. The van der Waals surface area contributed by atoms with Crippen molar-refractivity contribution in [2.45, 2.75) is 6.61 Å². The zero-order chi connectivity index (χ0) is 11.5. The third-order valence-electron chi connectivity index (χ3n) is 2.32. The van der Waals surface area contributed by atoms with Crippen LogP contribution in [-0.2, 0) is 11.3 Å². The van der Waals surface area contributed by atoms with Gasteiger partial charge < -0.3 is 19.2 Å². The van der Waals surface area contributed by atoms with Crippen molar-refractivity contribution >= 4 is 11.0 Å². The van der Waals surface area contributed by atoms with Gasteiger partial charge in [-0.3, -0.25) is 0 Å². The first-order valence-electron chi connectivity index (χ1n) is 4.88. The minimum atomic E-state index is 0.458. The van der Waals surface area contributed by atoms with Gasteiger partial charge in [0.1, 0.15) is 12.4 Å². The predicted molar refractivity (Wildman–Crippen MR) is 59.9 cm³/mol. The van der Waals surface area contributed by atoms with Gasteiger partial charge >= 0.3 is 0 Å². The van der Waals surface area contributed by atoms with E-state index in [1.807, 2.05) is 12.1 Å². The monoisotopic (exact) mass is 222 g/mol. The van der Waals surface area contributed by atoms with Crippen LogP contribution in [0.2, 0.25) is 0 Å². The largest absolute Gasteiger partial charge is 0.493 e. The number of hydrogen-bond acceptors (Lipinski definition) is 4. The number of fused-ring (bicyclic) bond motifs is 1. The third-order valence-corrected chi connectivity index (χ3v) is 2.32. The zero-order valence-electron chi connectivity index (χ0n) is 9.53. The van der Waals surface area contributed by atoms with Crippen molar-refractivity contribution in [3.05, 3.63) is 18.0 Å². The van der Waals surface area contributed by atoms with Crippen molar-refractivity contribution in [1.29, 1.82) is 0 Å². The maximum atomic E-state index is 5.21. The number of ether oxygens (including phenoxy) is 3. The Morgan fingerprint density at radius 3 is 2.44 bits per heavy atom. The Hall–Kier alpha value is -1.75. The number of hydrogen-bond donors (Lipinski definition) is 1. The van der Waals surface area contributed by atoms with E-state index in [1.54, 1.807) is 21.3 Å². The van der Waals surface area contributed by atoms with Gasteiger partial charge in [0.15, 0.2) is 11.5 Å². The van der Waals surface area contributed by atoms with Gasteiger partial charge in [-0.05, 0) is 0 Å². The summed E-state index contributed by atoms with van der Waals surface area (Å²) in [6.45, 7) is 0.458. The smallest absolute Gasteiger partial charge is 0.163 e. The van der Waals surface area contributed by atoms with Crippen LogP contribution < -0.4 is 9.47 Å². The van der Waals surface area contributed by atoms with Gasteiger partial charge in [0.25, 0.3) is 0 Å². The molecule has 0 bridgehead atoms. The van der Waals surface area contributed by atoms with Crippen molar-refractivity contribution in [2.75, 3.05) is 21.3 Å². The predicted octanol–water partition coefficient (Wildman–Crippen LogP) is 1.73. The maximum Gasteiger partial charge on any atom is 0.163 e. The average Bonchev–Trinajstić information content (AvgIpc) is 2.68. The second-order valence-corrected chi connectivity index (χ2v) is 3.34. The zero-order valence-corrected chi connectivity index (χ0v) is 9.53. The van der Waals surface area contributed by atoms with Gasteiger partial charge in [-0.1, -0.05) is 0 Å². The molecule has 1 aromatic heterocycles. The van der Waals surface area contributed by atoms with E-state index in [-0.39, 0.29) is 0 Å². The van der Waals surface area contributed by atoms with Crippen molar-refractivity contribution in [3.8, 4) is 11.5 Å². The summed E-state index contributed by atoms with van der Waals surface area (Å²) in [5.74, 6) is 2.14. The second kappa shape index (κ2) is 4.40. The highest BCUT2D eigenvalue weighted by Gasteiger charge is 2.09. The Kier molecular flexibility index (Phi) is 2.96. The molecule has 0 unspecified atom stereocenters. The first kappa shape index (κ1) is 10.8. The Morgan fingerprint density at radius 1 is 1.12 bits per heavy atom. The lowest BCUT2D eigenvalue weighted by molar-refractivity contribution is 0.179. The molecule has 0 fully saturated rings. The van der Waals surface area contributed by atoms with E-state index in [2.05, 4.69) is 9.97 Å². The molecule has 1 N–H and O–H groups in total. The van der Waals surface area contributed by atoms with Crippen LogP contribution >= 0.6 is 0 Å². The van der Waals surface area contributed by atoms with Crippen LogP contribution in [0.4, 0.5) is 0 Å². The molecule has 2 aromatic rings. The second-order valence-electron chi connectivity index (χ2n) is 3.34. The van der Waals surface area contributed by atoms with Gasteiger partial charge in [0.2, 0.25) is 0 Å². The fourth-order valence-corrected chi connectivity index (χ4v) is 1.59. The highest BCUT2D eigenvalue weighted by atomic mass is 16.5. The lowest BCUT2D eigenvalue weighted by Crippen LogP contribution is -1.89. The molecule has 0 aliphatic heterocycles. The summed E-state index contributed by atoms with van der Waals surface area (Å²) in [5, 5.41) is 0. The number of nitrogens with zero attached hydrogens (tertiary/aromatic N) is 1. The van der Waals surface area contributed by atoms with Gasteiger partial charge in [0, 0.05) is 19.2 Å². The van der Waals surface area contributed by atoms with Gasteiger partial charge in [-0.2, -0.15) is 0 Å². The number of benzene rings is 1. The average molecular weight is 222 g/mol. The summed E-state index contributed by atoms with van der Waals surface area (Å²) < 4.78 is 15.4. The summed E-state index contributed by atoms with van der Waals surface area (Å²) in [6, 6.07) is 3.70. The molecule has 16 heavy (non-hydrogen) atoms. The van der Waals surface area contributed by atoms with E-state index in [4.69, 9.17) is 14.2 Å². The number of rotatable bonds is 4.